The number of carbonyl (C=O) groups is 2. The summed E-state index contributed by atoms with van der Waals surface area (Å²) in [5.74, 6) is -1.38. The Morgan fingerprint density at radius 1 is 1.29 bits per heavy atom. The Morgan fingerprint density at radius 2 is 2.00 bits per heavy atom. The Morgan fingerprint density at radius 3 is 2.67 bits per heavy atom. The molecule has 0 saturated heterocycles. The fourth-order valence-corrected chi connectivity index (χ4v) is 2.32. The molecule has 1 amide bonds. The first-order valence-corrected chi connectivity index (χ1v) is 6.71. The molecular formula is C15H14N2O4. The van der Waals surface area contributed by atoms with Crippen LogP contribution in [0.4, 0.5) is 0 Å². The number of amides is 1. The second-order valence-corrected chi connectivity index (χ2v) is 5.15. The standard InChI is InChI=1S/C15H14N2O4/c18-13(16-9-5-6-9)8-17-12-4-2-1-3-10(12)11(15(20)21)7-14(17)19/h1-4,7,9H,5-6,8H2,(H,16,18)(H,20,21). The van der Waals surface area contributed by atoms with E-state index < -0.39 is 11.5 Å². The number of nitrogens with zero attached hydrogens (tertiary/aromatic N) is 1. The molecule has 1 saturated carbocycles. The van der Waals surface area contributed by atoms with Gasteiger partial charge >= 0.3 is 5.97 Å². The molecule has 1 heterocycles. The minimum absolute atomic E-state index is 0.0468. The van der Waals surface area contributed by atoms with E-state index in [0.29, 0.717) is 10.9 Å². The van der Waals surface area contributed by atoms with Crippen LogP contribution >= 0.6 is 0 Å². The predicted octanol–water partition coefficient (Wildman–Crippen LogP) is 0.978. The average Bonchev–Trinajstić information content (AvgIpc) is 3.25. The molecule has 0 spiro atoms. The summed E-state index contributed by atoms with van der Waals surface area (Å²) in [6.45, 7) is -0.101. The van der Waals surface area contributed by atoms with Gasteiger partial charge in [-0.05, 0) is 18.9 Å². The second kappa shape index (κ2) is 5.05. The first-order chi connectivity index (χ1) is 10.1. The molecule has 1 aliphatic carbocycles. The zero-order valence-corrected chi connectivity index (χ0v) is 11.2. The number of fused-ring (bicyclic) bond motifs is 1. The van der Waals surface area contributed by atoms with Gasteiger partial charge in [0.1, 0.15) is 6.54 Å². The third kappa shape index (κ3) is 2.65. The lowest BCUT2D eigenvalue weighted by Crippen LogP contribution is -2.33. The molecule has 2 aromatic rings. The van der Waals surface area contributed by atoms with E-state index in [0.717, 1.165) is 18.9 Å². The molecule has 21 heavy (non-hydrogen) atoms. The number of hydrogen-bond donors (Lipinski definition) is 2. The van der Waals surface area contributed by atoms with E-state index in [9.17, 15) is 19.5 Å². The molecule has 1 aromatic heterocycles. The highest BCUT2D eigenvalue weighted by molar-refractivity contribution is 6.02. The van der Waals surface area contributed by atoms with Crippen LogP contribution in [0.15, 0.2) is 35.1 Å². The second-order valence-electron chi connectivity index (χ2n) is 5.15. The van der Waals surface area contributed by atoms with Gasteiger partial charge in [0, 0.05) is 17.5 Å². The van der Waals surface area contributed by atoms with E-state index >= 15 is 0 Å². The Labute approximate surface area is 120 Å². The van der Waals surface area contributed by atoms with Gasteiger partial charge in [0.05, 0.1) is 11.1 Å². The van der Waals surface area contributed by atoms with Crippen molar-refractivity contribution in [2.75, 3.05) is 0 Å². The zero-order valence-electron chi connectivity index (χ0n) is 11.2. The average molecular weight is 286 g/mol. The monoisotopic (exact) mass is 286 g/mol. The molecule has 0 atom stereocenters. The maximum Gasteiger partial charge on any atom is 0.336 e. The highest BCUT2D eigenvalue weighted by atomic mass is 16.4. The van der Waals surface area contributed by atoms with Crippen molar-refractivity contribution in [2.45, 2.75) is 25.4 Å². The summed E-state index contributed by atoms with van der Waals surface area (Å²) in [6.07, 6.45) is 1.94. The van der Waals surface area contributed by atoms with Crippen LogP contribution in [-0.4, -0.2) is 27.6 Å². The number of para-hydroxylation sites is 1. The third-order valence-corrected chi connectivity index (χ3v) is 3.49. The molecule has 0 aliphatic heterocycles. The van der Waals surface area contributed by atoms with E-state index in [4.69, 9.17) is 0 Å². The topological polar surface area (TPSA) is 88.4 Å². The number of benzene rings is 1. The Balaban J connectivity index is 2.07. The van der Waals surface area contributed by atoms with Crippen molar-refractivity contribution in [1.82, 2.24) is 9.88 Å². The number of aromatic nitrogens is 1. The SMILES string of the molecule is O=C(Cn1c(=O)cc(C(=O)O)c2ccccc21)NC1CC1. The van der Waals surface area contributed by atoms with Gasteiger partial charge in [0.2, 0.25) is 5.91 Å². The van der Waals surface area contributed by atoms with Crippen molar-refractivity contribution >= 4 is 22.8 Å². The largest absolute Gasteiger partial charge is 0.478 e. The summed E-state index contributed by atoms with van der Waals surface area (Å²) in [6, 6.07) is 7.98. The van der Waals surface area contributed by atoms with Crippen LogP contribution < -0.4 is 10.9 Å². The summed E-state index contributed by atoms with van der Waals surface area (Å²) in [5.41, 5.74) is -0.0835. The summed E-state index contributed by atoms with van der Waals surface area (Å²) in [4.78, 5) is 35.2. The lowest BCUT2D eigenvalue weighted by Gasteiger charge is -2.11. The van der Waals surface area contributed by atoms with Crippen LogP contribution in [0.5, 0.6) is 0 Å². The Hall–Kier alpha value is -2.63. The van der Waals surface area contributed by atoms with Crippen LogP contribution in [0.1, 0.15) is 23.2 Å². The molecule has 0 unspecified atom stereocenters. The van der Waals surface area contributed by atoms with Gasteiger partial charge in [-0.3, -0.25) is 14.2 Å². The molecule has 0 radical (unpaired) electrons. The molecule has 0 bridgehead atoms. The fraction of sp³-hybridized carbons (Fsp3) is 0.267. The minimum Gasteiger partial charge on any atom is -0.478 e. The quantitative estimate of drug-likeness (QED) is 0.877. The first-order valence-electron chi connectivity index (χ1n) is 6.71. The van der Waals surface area contributed by atoms with Gasteiger partial charge in [-0.25, -0.2) is 4.79 Å². The Bertz CT molecular complexity index is 790. The van der Waals surface area contributed by atoms with E-state index in [1.54, 1.807) is 24.3 Å². The summed E-state index contributed by atoms with van der Waals surface area (Å²) in [5, 5.41) is 12.4. The lowest BCUT2D eigenvalue weighted by molar-refractivity contribution is -0.121. The molecule has 1 aromatic carbocycles. The van der Waals surface area contributed by atoms with Crippen molar-refractivity contribution in [3.05, 3.63) is 46.2 Å². The van der Waals surface area contributed by atoms with Gasteiger partial charge in [0.15, 0.2) is 0 Å². The van der Waals surface area contributed by atoms with Crippen LogP contribution in [0.2, 0.25) is 0 Å². The number of rotatable bonds is 4. The first kappa shape index (κ1) is 13.4. The van der Waals surface area contributed by atoms with Crippen molar-refractivity contribution in [3.8, 4) is 0 Å². The highest BCUT2D eigenvalue weighted by Gasteiger charge is 2.24. The zero-order chi connectivity index (χ0) is 15.0. The molecule has 1 fully saturated rings. The smallest absolute Gasteiger partial charge is 0.336 e. The number of aromatic carboxylic acids is 1. The van der Waals surface area contributed by atoms with Crippen LogP contribution in [0.25, 0.3) is 10.9 Å². The molecule has 108 valence electrons. The molecular weight excluding hydrogens is 272 g/mol. The number of hydrogen-bond acceptors (Lipinski definition) is 3. The van der Waals surface area contributed by atoms with E-state index in [1.807, 2.05) is 0 Å². The van der Waals surface area contributed by atoms with Gasteiger partial charge in [-0.1, -0.05) is 18.2 Å². The summed E-state index contributed by atoms with van der Waals surface area (Å²) in [7, 11) is 0. The molecule has 6 nitrogen and oxygen atoms in total. The summed E-state index contributed by atoms with van der Waals surface area (Å²) < 4.78 is 1.31. The highest BCUT2D eigenvalue weighted by Crippen LogP contribution is 2.19. The number of carbonyl (C=O) groups excluding carboxylic acids is 1. The number of carboxylic acid groups (broad SMARTS) is 1. The van der Waals surface area contributed by atoms with Gasteiger partial charge in [0.25, 0.3) is 5.56 Å². The summed E-state index contributed by atoms with van der Waals surface area (Å²) >= 11 is 0. The fourth-order valence-electron chi connectivity index (χ4n) is 2.32. The van der Waals surface area contributed by atoms with Gasteiger partial charge in [-0.15, -0.1) is 0 Å². The van der Waals surface area contributed by atoms with Crippen LogP contribution in [0, 0.1) is 0 Å². The number of nitrogens with one attached hydrogen (secondary N) is 1. The van der Waals surface area contributed by atoms with Gasteiger partial charge < -0.3 is 10.4 Å². The van der Waals surface area contributed by atoms with Crippen molar-refractivity contribution in [2.24, 2.45) is 0 Å². The number of pyridine rings is 1. The van der Waals surface area contributed by atoms with Crippen molar-refractivity contribution < 1.29 is 14.7 Å². The minimum atomic E-state index is -1.15. The lowest BCUT2D eigenvalue weighted by atomic mass is 10.1. The predicted molar refractivity (Wildman–Crippen MR) is 76.3 cm³/mol. The normalized spacial score (nSPS) is 14.1. The van der Waals surface area contributed by atoms with Crippen molar-refractivity contribution in [3.63, 3.8) is 0 Å². The molecule has 2 N–H and O–H groups in total. The van der Waals surface area contributed by atoms with Gasteiger partial charge in [-0.2, -0.15) is 0 Å². The Kier molecular flexibility index (Phi) is 3.21. The maximum atomic E-state index is 12.1. The van der Waals surface area contributed by atoms with E-state index in [1.165, 1.54) is 4.57 Å². The molecule has 1 aliphatic rings. The number of carboxylic acids is 1. The maximum absolute atomic E-state index is 12.1. The van der Waals surface area contributed by atoms with E-state index in [2.05, 4.69) is 5.32 Å². The van der Waals surface area contributed by atoms with Crippen molar-refractivity contribution in [1.29, 1.82) is 0 Å². The van der Waals surface area contributed by atoms with Crippen LogP contribution in [-0.2, 0) is 11.3 Å². The van der Waals surface area contributed by atoms with E-state index in [-0.39, 0.29) is 24.1 Å². The third-order valence-electron chi connectivity index (χ3n) is 3.49. The molecule has 6 heteroatoms. The molecule has 3 rings (SSSR count). The van der Waals surface area contributed by atoms with Crippen LogP contribution in [0.3, 0.4) is 0 Å².